The van der Waals surface area contributed by atoms with E-state index in [1.807, 2.05) is 13.8 Å². The number of aryl methyl sites for hydroxylation is 1. The van der Waals surface area contributed by atoms with Crippen molar-refractivity contribution in [1.29, 1.82) is 0 Å². The molecule has 7 nitrogen and oxygen atoms in total. The summed E-state index contributed by atoms with van der Waals surface area (Å²) in [7, 11) is 2.22. The summed E-state index contributed by atoms with van der Waals surface area (Å²) in [6, 6.07) is 9.33. The number of likely N-dealkylation sites (N-methyl/N-ethyl adjacent to an activating group) is 1. The molecule has 0 bridgehead atoms. The zero-order valence-electron chi connectivity index (χ0n) is 22.9. The van der Waals surface area contributed by atoms with Crippen LogP contribution >= 0.6 is 0 Å². The lowest BCUT2D eigenvalue weighted by Crippen LogP contribution is -2.44. The second-order valence-electron chi connectivity index (χ2n) is 11.1. The van der Waals surface area contributed by atoms with Gasteiger partial charge in [0.05, 0.1) is 11.4 Å². The largest absolute Gasteiger partial charge is 0.381 e. The number of aromatic nitrogens is 2. The van der Waals surface area contributed by atoms with Gasteiger partial charge >= 0.3 is 0 Å². The standard InChI is InChI=1S/C30H43N7/c1-22(33-26-10-6-5-7-11-26)23(2)34-29-24(3)31-21-32-30(29)37-20-25(27-12-8-9-13-28(27)37)14-15-36-18-16-35(4)17-19-36/h8-9,12-13,21,25-26,33H,1,5-7,10-11,14-20H2,2-4H3. The molecule has 3 aliphatic rings. The minimum atomic E-state index is 0.479. The summed E-state index contributed by atoms with van der Waals surface area (Å²) in [4.78, 5) is 21.8. The fourth-order valence-corrected chi connectivity index (χ4v) is 5.97. The molecule has 0 amide bonds. The van der Waals surface area contributed by atoms with Gasteiger partial charge < -0.3 is 20.0 Å². The molecule has 1 atom stereocenters. The van der Waals surface area contributed by atoms with Crippen LogP contribution in [0, 0.1) is 6.92 Å². The molecule has 1 saturated carbocycles. The van der Waals surface area contributed by atoms with E-state index in [4.69, 9.17) is 9.98 Å². The highest BCUT2D eigenvalue weighted by Gasteiger charge is 2.32. The van der Waals surface area contributed by atoms with Crippen LogP contribution in [0.1, 0.15) is 62.6 Å². The molecule has 1 aromatic heterocycles. The van der Waals surface area contributed by atoms with Gasteiger partial charge in [0.25, 0.3) is 0 Å². The maximum atomic E-state index is 5.07. The molecule has 1 N–H and O–H groups in total. The molecule has 2 aromatic rings. The Balaban J connectivity index is 1.35. The van der Waals surface area contributed by atoms with Gasteiger partial charge in [-0.3, -0.25) is 0 Å². The summed E-state index contributed by atoms with van der Waals surface area (Å²) >= 11 is 0. The number of fused-ring (bicyclic) bond motifs is 1. The Morgan fingerprint density at radius 3 is 2.62 bits per heavy atom. The van der Waals surface area contributed by atoms with Crippen molar-refractivity contribution in [3.05, 3.63) is 54.1 Å². The first kappa shape index (κ1) is 25.9. The van der Waals surface area contributed by atoms with Gasteiger partial charge in [0.15, 0.2) is 5.82 Å². The number of benzene rings is 1. The second kappa shape index (κ2) is 11.7. The summed E-state index contributed by atoms with van der Waals surface area (Å²) in [6.07, 6.45) is 9.18. The van der Waals surface area contributed by atoms with E-state index in [0.717, 1.165) is 74.3 Å². The number of aliphatic imine (C=N–C) groups is 1. The molecule has 2 fully saturated rings. The number of nitrogens with one attached hydrogen (secondary N) is 1. The highest BCUT2D eigenvalue weighted by molar-refractivity contribution is 6.00. The molecule has 7 heteroatoms. The summed E-state index contributed by atoms with van der Waals surface area (Å²) < 4.78 is 0. The van der Waals surface area contributed by atoms with Crippen molar-refractivity contribution in [2.45, 2.75) is 64.3 Å². The zero-order valence-corrected chi connectivity index (χ0v) is 22.9. The third-order valence-electron chi connectivity index (χ3n) is 8.40. The predicted octanol–water partition coefficient (Wildman–Crippen LogP) is 5.19. The Bertz CT molecular complexity index is 1110. The van der Waals surface area contributed by atoms with E-state index in [1.165, 1.54) is 43.4 Å². The molecule has 1 aromatic carbocycles. The van der Waals surface area contributed by atoms with Crippen molar-refractivity contribution < 1.29 is 0 Å². The number of nitrogens with zero attached hydrogens (tertiary/aromatic N) is 6. The van der Waals surface area contributed by atoms with Crippen molar-refractivity contribution in [1.82, 2.24) is 25.1 Å². The SMILES string of the molecule is C=C(NC1CCCCC1)C(C)=Nc1c(C)ncnc1N1CC(CCN2CCN(C)CC2)c2ccccc21. The maximum Gasteiger partial charge on any atom is 0.162 e. The van der Waals surface area contributed by atoms with Crippen LogP contribution in [0.2, 0.25) is 0 Å². The first-order valence-electron chi connectivity index (χ1n) is 14.1. The average Bonchev–Trinajstić information content (AvgIpc) is 3.28. The lowest BCUT2D eigenvalue weighted by atomic mass is 9.95. The van der Waals surface area contributed by atoms with Gasteiger partial charge in [-0.05, 0) is 58.3 Å². The molecule has 5 rings (SSSR count). The van der Waals surface area contributed by atoms with Crippen molar-refractivity contribution >= 4 is 22.9 Å². The first-order chi connectivity index (χ1) is 18.0. The van der Waals surface area contributed by atoms with E-state index in [0.29, 0.717) is 12.0 Å². The molecule has 1 aliphatic carbocycles. The molecule has 198 valence electrons. The van der Waals surface area contributed by atoms with E-state index in [2.05, 4.69) is 62.9 Å². The first-order valence-corrected chi connectivity index (χ1v) is 14.1. The van der Waals surface area contributed by atoms with Gasteiger partial charge in [-0.25, -0.2) is 15.0 Å². The average molecular weight is 502 g/mol. The van der Waals surface area contributed by atoms with E-state index in [1.54, 1.807) is 6.33 Å². The summed E-state index contributed by atoms with van der Waals surface area (Å²) in [6.45, 7) is 15.1. The Labute approximate surface area is 222 Å². The third kappa shape index (κ3) is 6.04. The molecular formula is C30H43N7. The van der Waals surface area contributed by atoms with Crippen LogP contribution in [0.5, 0.6) is 0 Å². The van der Waals surface area contributed by atoms with Gasteiger partial charge in [0.2, 0.25) is 0 Å². The third-order valence-corrected chi connectivity index (χ3v) is 8.40. The molecule has 37 heavy (non-hydrogen) atoms. The summed E-state index contributed by atoms with van der Waals surface area (Å²) in [5.41, 5.74) is 6.23. The van der Waals surface area contributed by atoms with Crippen LogP contribution in [0.4, 0.5) is 17.2 Å². The fraction of sp³-hybridized carbons (Fsp3) is 0.567. The highest BCUT2D eigenvalue weighted by atomic mass is 15.3. The van der Waals surface area contributed by atoms with Crippen molar-refractivity contribution in [2.75, 3.05) is 51.2 Å². The number of para-hydroxylation sites is 1. The zero-order chi connectivity index (χ0) is 25.8. The van der Waals surface area contributed by atoms with Gasteiger partial charge in [-0.2, -0.15) is 0 Å². The number of anilines is 2. The van der Waals surface area contributed by atoms with Gasteiger partial charge in [-0.15, -0.1) is 0 Å². The minimum absolute atomic E-state index is 0.479. The van der Waals surface area contributed by atoms with Crippen LogP contribution in [0.3, 0.4) is 0 Å². The van der Waals surface area contributed by atoms with Crippen LogP contribution in [0.25, 0.3) is 0 Å². The second-order valence-corrected chi connectivity index (χ2v) is 11.1. The smallest absolute Gasteiger partial charge is 0.162 e. The number of allylic oxidation sites excluding steroid dienone is 1. The molecule has 0 spiro atoms. The Morgan fingerprint density at radius 2 is 1.84 bits per heavy atom. The van der Waals surface area contributed by atoms with Crippen LogP contribution in [-0.2, 0) is 0 Å². The number of hydrogen-bond acceptors (Lipinski definition) is 7. The minimum Gasteiger partial charge on any atom is -0.381 e. The molecule has 2 aliphatic heterocycles. The Hall–Kier alpha value is -2.77. The normalized spacial score (nSPS) is 21.8. The van der Waals surface area contributed by atoms with E-state index >= 15 is 0 Å². The number of rotatable bonds is 8. The monoisotopic (exact) mass is 501 g/mol. The Kier molecular flexibility index (Phi) is 8.20. The summed E-state index contributed by atoms with van der Waals surface area (Å²) in [5, 5.41) is 3.63. The van der Waals surface area contributed by atoms with E-state index in [-0.39, 0.29) is 0 Å². The van der Waals surface area contributed by atoms with E-state index < -0.39 is 0 Å². The topological polar surface area (TPSA) is 59.9 Å². The van der Waals surface area contributed by atoms with Crippen LogP contribution in [-0.4, -0.2) is 77.8 Å². The summed E-state index contributed by atoms with van der Waals surface area (Å²) in [5.74, 6) is 1.37. The van der Waals surface area contributed by atoms with Crippen molar-refractivity contribution in [3.63, 3.8) is 0 Å². The quantitative estimate of drug-likeness (QED) is 0.503. The lowest BCUT2D eigenvalue weighted by molar-refractivity contribution is 0.151. The maximum absolute atomic E-state index is 5.07. The predicted molar refractivity (Wildman–Crippen MR) is 153 cm³/mol. The number of piperazine rings is 1. The van der Waals surface area contributed by atoms with Gasteiger partial charge in [0.1, 0.15) is 12.0 Å². The highest BCUT2D eigenvalue weighted by Crippen LogP contribution is 2.44. The number of hydrogen-bond donors (Lipinski definition) is 1. The fourth-order valence-electron chi connectivity index (χ4n) is 5.97. The van der Waals surface area contributed by atoms with Crippen molar-refractivity contribution in [3.8, 4) is 0 Å². The van der Waals surface area contributed by atoms with Crippen LogP contribution < -0.4 is 10.2 Å². The molecule has 3 heterocycles. The molecule has 0 radical (unpaired) electrons. The molecule has 1 saturated heterocycles. The van der Waals surface area contributed by atoms with Gasteiger partial charge in [-0.1, -0.05) is 44.0 Å². The van der Waals surface area contributed by atoms with Crippen molar-refractivity contribution in [2.24, 2.45) is 4.99 Å². The van der Waals surface area contributed by atoms with E-state index in [9.17, 15) is 0 Å². The molecule has 1 unspecified atom stereocenters. The van der Waals surface area contributed by atoms with Gasteiger partial charge in [0, 0.05) is 56.1 Å². The molecular weight excluding hydrogens is 458 g/mol. The lowest BCUT2D eigenvalue weighted by Gasteiger charge is -2.33. The Morgan fingerprint density at radius 1 is 1.08 bits per heavy atom. The van der Waals surface area contributed by atoms with Crippen LogP contribution in [0.15, 0.2) is 47.9 Å².